The van der Waals surface area contributed by atoms with Crippen molar-refractivity contribution in [1.82, 2.24) is 14.9 Å². The second-order valence-corrected chi connectivity index (χ2v) is 9.33. The molecule has 2 aromatic rings. The molecule has 0 bridgehead atoms. The highest BCUT2D eigenvalue weighted by molar-refractivity contribution is 5.73. The summed E-state index contributed by atoms with van der Waals surface area (Å²) in [6, 6.07) is 10.7. The molecule has 1 aliphatic carbocycles. The molecule has 258 valence electrons. The summed E-state index contributed by atoms with van der Waals surface area (Å²) in [6.07, 6.45) is -9.12. The van der Waals surface area contributed by atoms with Crippen LogP contribution in [0.15, 0.2) is 42.7 Å². The number of pyridine rings is 2. The zero-order valence-corrected chi connectivity index (χ0v) is 23.6. The van der Waals surface area contributed by atoms with Crippen molar-refractivity contribution in [2.24, 2.45) is 0 Å². The summed E-state index contributed by atoms with van der Waals surface area (Å²) >= 11 is 0. The highest BCUT2D eigenvalue weighted by atomic mass is 19.4. The van der Waals surface area contributed by atoms with Crippen molar-refractivity contribution in [3.63, 3.8) is 0 Å². The van der Waals surface area contributed by atoms with Gasteiger partial charge in [-0.1, -0.05) is 6.07 Å². The average Bonchev–Trinajstić information content (AvgIpc) is 3.36. The number of ether oxygens (including phenoxy) is 2. The number of halogens is 9. The molecule has 2 aliphatic rings. The van der Waals surface area contributed by atoms with Crippen LogP contribution in [-0.4, -0.2) is 98.0 Å². The summed E-state index contributed by atoms with van der Waals surface area (Å²) in [5, 5.41) is 21.4. The molecule has 0 unspecified atom stereocenters. The number of hydrogen-bond acceptors (Lipinski definition) is 8. The maximum atomic E-state index is 10.6. The molecule has 4 rings (SSSR count). The Morgan fingerprint density at radius 3 is 1.83 bits per heavy atom. The fraction of sp³-hybridized carbons (Fsp3) is 0.500. The van der Waals surface area contributed by atoms with Crippen molar-refractivity contribution in [3.05, 3.63) is 59.7 Å². The van der Waals surface area contributed by atoms with E-state index in [9.17, 15) is 39.5 Å². The highest BCUT2D eigenvalue weighted by Gasteiger charge is 2.43. The SMILES string of the molecule is Cc1cccc(CN2CCO[C@H]3[C@@H](OCc4ccncc4)CC[C@@H]32)n1.O=C(O)C(F)(F)F.O=C(O)C(F)(F)F.O=C(O)C(F)(F)F. The zero-order chi connectivity index (χ0) is 35.3. The number of fused-ring (bicyclic) bond motifs is 1. The number of hydrogen-bond donors (Lipinski definition) is 3. The first-order chi connectivity index (χ1) is 21.1. The highest BCUT2D eigenvalue weighted by Crippen LogP contribution is 2.33. The molecule has 0 radical (unpaired) electrons. The molecule has 46 heavy (non-hydrogen) atoms. The molecule has 0 spiro atoms. The van der Waals surface area contributed by atoms with E-state index in [-0.39, 0.29) is 12.2 Å². The van der Waals surface area contributed by atoms with E-state index >= 15 is 0 Å². The summed E-state index contributed by atoms with van der Waals surface area (Å²) in [5.74, 6) is -8.27. The molecule has 1 aliphatic heterocycles. The van der Waals surface area contributed by atoms with Crippen LogP contribution in [0.1, 0.15) is 29.8 Å². The Hall–Kier alpha value is -4.04. The van der Waals surface area contributed by atoms with Crippen LogP contribution >= 0.6 is 0 Å². The Morgan fingerprint density at radius 1 is 0.870 bits per heavy atom. The molecule has 0 aromatic carbocycles. The Bertz CT molecular complexity index is 1200. The van der Waals surface area contributed by atoms with Crippen molar-refractivity contribution >= 4 is 17.9 Å². The van der Waals surface area contributed by atoms with E-state index in [1.165, 1.54) is 0 Å². The summed E-state index contributed by atoms with van der Waals surface area (Å²) in [4.78, 5) is 37.9. The average molecular weight is 682 g/mol. The number of morpholine rings is 1. The maximum absolute atomic E-state index is 10.6. The van der Waals surface area contributed by atoms with Gasteiger partial charge in [0.1, 0.15) is 0 Å². The number of alkyl halides is 9. The Morgan fingerprint density at radius 2 is 1.37 bits per heavy atom. The maximum Gasteiger partial charge on any atom is 0.490 e. The minimum Gasteiger partial charge on any atom is -0.475 e. The van der Waals surface area contributed by atoms with Crippen molar-refractivity contribution in [2.75, 3.05) is 13.2 Å². The lowest BCUT2D eigenvalue weighted by Crippen LogP contribution is -2.51. The van der Waals surface area contributed by atoms with Crippen molar-refractivity contribution in [1.29, 1.82) is 0 Å². The number of aryl methyl sites for hydroxylation is 1. The molecule has 3 N–H and O–H groups in total. The van der Waals surface area contributed by atoms with E-state index in [1.54, 1.807) is 0 Å². The van der Waals surface area contributed by atoms with Crippen molar-refractivity contribution in [3.8, 4) is 0 Å². The number of nitrogens with zero attached hydrogens (tertiary/aromatic N) is 3. The van der Waals surface area contributed by atoms with Gasteiger partial charge in [-0.15, -0.1) is 0 Å². The summed E-state index contributed by atoms with van der Waals surface area (Å²) < 4.78 is 107. The monoisotopic (exact) mass is 681 g/mol. The first kappa shape index (κ1) is 40.0. The molecular weight excluding hydrogens is 653 g/mol. The number of carboxylic acid groups (broad SMARTS) is 3. The van der Waals surface area contributed by atoms with Crippen molar-refractivity contribution in [2.45, 2.75) is 69.7 Å². The van der Waals surface area contributed by atoms with Gasteiger partial charge in [-0.3, -0.25) is 14.9 Å². The topological polar surface area (TPSA) is 159 Å². The Labute approximate surface area is 254 Å². The van der Waals surface area contributed by atoms with Crippen LogP contribution in [0.2, 0.25) is 0 Å². The Balaban J connectivity index is 0.000000413. The molecule has 1 saturated heterocycles. The third-order valence-corrected chi connectivity index (χ3v) is 5.90. The molecule has 1 saturated carbocycles. The third kappa shape index (κ3) is 14.8. The van der Waals surface area contributed by atoms with Gasteiger partial charge >= 0.3 is 36.4 Å². The van der Waals surface area contributed by atoms with Crippen LogP contribution in [0.5, 0.6) is 0 Å². The van der Waals surface area contributed by atoms with Crippen molar-refractivity contribution < 1.29 is 78.7 Å². The number of carboxylic acids is 3. The fourth-order valence-corrected chi connectivity index (χ4v) is 3.94. The number of rotatable bonds is 5. The lowest BCUT2D eigenvalue weighted by molar-refractivity contribution is -0.193. The second kappa shape index (κ2) is 17.6. The predicted molar refractivity (Wildman–Crippen MR) is 136 cm³/mol. The van der Waals surface area contributed by atoms with Gasteiger partial charge < -0.3 is 24.8 Å². The summed E-state index contributed by atoms with van der Waals surface area (Å²) in [6.45, 7) is 5.29. The third-order valence-electron chi connectivity index (χ3n) is 5.90. The van der Waals surface area contributed by atoms with Crippen LogP contribution in [-0.2, 0) is 37.0 Å². The van der Waals surface area contributed by atoms with E-state index in [4.69, 9.17) is 39.2 Å². The van der Waals surface area contributed by atoms with Crippen LogP contribution < -0.4 is 0 Å². The van der Waals surface area contributed by atoms with Gasteiger partial charge in [0, 0.05) is 37.2 Å². The largest absolute Gasteiger partial charge is 0.490 e. The summed E-state index contributed by atoms with van der Waals surface area (Å²) in [7, 11) is 0. The van der Waals surface area contributed by atoms with E-state index in [2.05, 4.69) is 27.0 Å². The summed E-state index contributed by atoms with van der Waals surface area (Å²) in [5.41, 5.74) is 3.38. The van der Waals surface area contributed by atoms with Gasteiger partial charge in [0.05, 0.1) is 31.1 Å². The first-order valence-electron chi connectivity index (χ1n) is 12.8. The fourth-order valence-electron chi connectivity index (χ4n) is 3.94. The molecule has 2 fully saturated rings. The van der Waals surface area contributed by atoms with Crippen LogP contribution in [0.3, 0.4) is 0 Å². The van der Waals surface area contributed by atoms with E-state index < -0.39 is 36.4 Å². The number of carbonyl (C=O) groups is 3. The quantitative estimate of drug-likeness (QED) is 0.378. The first-order valence-corrected chi connectivity index (χ1v) is 12.8. The minimum atomic E-state index is -5.08. The lowest BCUT2D eigenvalue weighted by Gasteiger charge is -2.38. The molecular formula is C26H28F9N3O8. The van der Waals surface area contributed by atoms with Crippen LogP contribution in [0.25, 0.3) is 0 Å². The number of aromatic nitrogens is 2. The number of aliphatic carboxylic acids is 3. The Kier molecular flexibility index (Phi) is 15.3. The lowest BCUT2D eigenvalue weighted by atomic mass is 10.1. The zero-order valence-electron chi connectivity index (χ0n) is 23.6. The van der Waals surface area contributed by atoms with E-state index in [1.807, 2.05) is 37.5 Å². The second-order valence-electron chi connectivity index (χ2n) is 9.33. The van der Waals surface area contributed by atoms with Gasteiger partial charge in [-0.05, 0) is 49.6 Å². The van der Waals surface area contributed by atoms with Gasteiger partial charge in [0.25, 0.3) is 0 Å². The normalized spacial score (nSPS) is 19.6. The standard InChI is InChI=1S/C20H25N3O2.3C2HF3O2/c1-15-3-2-4-17(22-15)13-23-11-12-24-20-18(23)5-6-19(20)25-14-16-7-9-21-10-8-16;3*3-2(4,5)1(6)7/h2-4,7-10,18-20H,5-6,11-14H2,1H3;3*(H,6,7)/t18-,19-,20+;;;/m0.../s1. The minimum absolute atomic E-state index is 0.167. The van der Waals surface area contributed by atoms with Gasteiger partial charge in [-0.25, -0.2) is 14.4 Å². The molecule has 3 atom stereocenters. The smallest absolute Gasteiger partial charge is 0.475 e. The predicted octanol–water partition coefficient (Wildman–Crippen LogP) is 4.63. The van der Waals surface area contributed by atoms with Gasteiger partial charge in [-0.2, -0.15) is 39.5 Å². The molecule has 20 heteroatoms. The molecule has 3 heterocycles. The molecule has 2 aromatic heterocycles. The van der Waals surface area contributed by atoms with Crippen LogP contribution in [0, 0.1) is 6.92 Å². The van der Waals surface area contributed by atoms with E-state index in [0.29, 0.717) is 12.6 Å². The molecule has 11 nitrogen and oxygen atoms in total. The molecule has 0 amide bonds. The van der Waals surface area contributed by atoms with Gasteiger partial charge in [0.15, 0.2) is 0 Å². The van der Waals surface area contributed by atoms with E-state index in [0.717, 1.165) is 49.5 Å². The van der Waals surface area contributed by atoms with Gasteiger partial charge in [0.2, 0.25) is 0 Å². The van der Waals surface area contributed by atoms with Crippen LogP contribution in [0.4, 0.5) is 39.5 Å².